The molecule has 0 aliphatic carbocycles. The van der Waals surface area contributed by atoms with E-state index in [0.29, 0.717) is 18.7 Å². The number of piperazine rings is 1. The number of carbonyl (C=O) groups excluding carboxylic acids is 2. The quantitative estimate of drug-likeness (QED) is 0.514. The maximum absolute atomic E-state index is 12.4. The number of carbonyl (C=O) groups is 2. The maximum Gasteiger partial charge on any atom is 0.410 e. The Morgan fingerprint density at radius 2 is 1.86 bits per heavy atom. The molecule has 1 saturated heterocycles. The van der Waals surface area contributed by atoms with Gasteiger partial charge in [0.1, 0.15) is 0 Å². The van der Waals surface area contributed by atoms with Crippen LogP contribution in [0.1, 0.15) is 62.9 Å². The monoisotopic (exact) mass is 390 g/mol. The van der Waals surface area contributed by atoms with Crippen LogP contribution < -0.4 is 4.90 Å². The molecule has 28 heavy (non-hydrogen) atoms. The fraction of sp³-hybridized carbons (Fsp3) is 0.636. The van der Waals surface area contributed by atoms with Crippen molar-refractivity contribution in [2.75, 3.05) is 31.7 Å². The summed E-state index contributed by atoms with van der Waals surface area (Å²) in [5.41, 5.74) is 2.85. The van der Waals surface area contributed by atoms with Gasteiger partial charge in [-0.1, -0.05) is 26.7 Å². The van der Waals surface area contributed by atoms with Crippen molar-refractivity contribution in [3.8, 4) is 0 Å². The van der Waals surface area contributed by atoms with Crippen molar-refractivity contribution in [1.82, 2.24) is 4.90 Å². The van der Waals surface area contributed by atoms with Gasteiger partial charge in [0.25, 0.3) is 0 Å². The molecule has 0 saturated carbocycles. The number of esters is 1. The Morgan fingerprint density at radius 1 is 1.11 bits per heavy atom. The fourth-order valence-corrected chi connectivity index (χ4v) is 3.68. The summed E-state index contributed by atoms with van der Waals surface area (Å²) in [6, 6.07) is 5.99. The van der Waals surface area contributed by atoms with Crippen molar-refractivity contribution in [1.29, 1.82) is 0 Å². The molecular weight excluding hydrogens is 356 g/mol. The summed E-state index contributed by atoms with van der Waals surface area (Å²) in [4.78, 5) is 28.5. The molecule has 0 radical (unpaired) electrons. The Morgan fingerprint density at radius 3 is 2.50 bits per heavy atom. The summed E-state index contributed by atoms with van der Waals surface area (Å²) in [5, 5.41) is 0. The predicted molar refractivity (Wildman–Crippen MR) is 111 cm³/mol. The van der Waals surface area contributed by atoms with Gasteiger partial charge in [-0.25, -0.2) is 9.59 Å². The van der Waals surface area contributed by atoms with Crippen LogP contribution >= 0.6 is 0 Å². The van der Waals surface area contributed by atoms with Gasteiger partial charge in [-0.2, -0.15) is 0 Å². The number of aryl methyl sites for hydroxylation is 1. The number of benzene rings is 1. The molecule has 1 aromatic carbocycles. The predicted octanol–water partition coefficient (Wildman–Crippen LogP) is 4.26. The van der Waals surface area contributed by atoms with Gasteiger partial charge in [-0.15, -0.1) is 0 Å². The standard InChI is InChI=1S/C22H34N2O4/c1-6-8-12-28-22(26)24-15-16(3)23(14-17(24)4)20-11-10-19(21(25)27-5)13-18(20)9-7-2/h10-11,13,16-17H,6-9,12,14-15H2,1-5H3/t16-,17+/m1/s1. The average Bonchev–Trinajstić information content (AvgIpc) is 2.69. The van der Waals surface area contributed by atoms with E-state index in [1.807, 2.05) is 23.1 Å². The first-order valence-electron chi connectivity index (χ1n) is 10.3. The summed E-state index contributed by atoms with van der Waals surface area (Å²) in [6.45, 7) is 10.2. The van der Waals surface area contributed by atoms with Crippen LogP contribution in [0.15, 0.2) is 18.2 Å². The number of anilines is 1. The van der Waals surface area contributed by atoms with E-state index in [1.165, 1.54) is 7.11 Å². The van der Waals surface area contributed by atoms with E-state index in [2.05, 4.69) is 32.6 Å². The zero-order valence-electron chi connectivity index (χ0n) is 17.9. The first kappa shape index (κ1) is 22.1. The highest BCUT2D eigenvalue weighted by molar-refractivity contribution is 5.90. The number of amides is 1. The molecule has 1 aliphatic heterocycles. The second-order valence-electron chi connectivity index (χ2n) is 7.56. The summed E-state index contributed by atoms with van der Waals surface area (Å²) in [6.07, 6.45) is 3.56. The van der Waals surface area contributed by atoms with Gasteiger partial charge in [0.15, 0.2) is 0 Å². The first-order chi connectivity index (χ1) is 13.4. The Labute approximate surface area is 168 Å². The third-order valence-corrected chi connectivity index (χ3v) is 5.27. The van der Waals surface area contributed by atoms with Gasteiger partial charge >= 0.3 is 12.1 Å². The second-order valence-corrected chi connectivity index (χ2v) is 7.56. The number of nitrogens with zero attached hydrogens (tertiary/aromatic N) is 2. The molecule has 156 valence electrons. The third-order valence-electron chi connectivity index (χ3n) is 5.27. The van der Waals surface area contributed by atoms with Crippen LogP contribution in [0.5, 0.6) is 0 Å². The molecule has 1 fully saturated rings. The topological polar surface area (TPSA) is 59.1 Å². The fourth-order valence-electron chi connectivity index (χ4n) is 3.68. The van der Waals surface area contributed by atoms with E-state index in [4.69, 9.17) is 9.47 Å². The molecular formula is C22H34N2O4. The zero-order chi connectivity index (χ0) is 20.7. The number of hydrogen-bond acceptors (Lipinski definition) is 5. The van der Waals surface area contributed by atoms with Gasteiger partial charge in [0, 0.05) is 30.9 Å². The minimum Gasteiger partial charge on any atom is -0.465 e. The van der Waals surface area contributed by atoms with Crippen molar-refractivity contribution in [2.45, 2.75) is 65.5 Å². The molecule has 6 nitrogen and oxygen atoms in total. The third kappa shape index (κ3) is 5.18. The molecule has 0 unspecified atom stereocenters. The maximum atomic E-state index is 12.4. The summed E-state index contributed by atoms with van der Waals surface area (Å²) in [7, 11) is 1.40. The molecule has 0 aromatic heterocycles. The van der Waals surface area contributed by atoms with Gasteiger partial charge in [0.2, 0.25) is 0 Å². The number of unbranched alkanes of at least 4 members (excludes halogenated alkanes) is 1. The van der Waals surface area contributed by atoms with Crippen molar-refractivity contribution in [2.24, 2.45) is 0 Å². The molecule has 1 aromatic rings. The number of rotatable bonds is 7. The van der Waals surface area contributed by atoms with Crippen molar-refractivity contribution in [3.63, 3.8) is 0 Å². The van der Waals surface area contributed by atoms with Crippen molar-refractivity contribution < 1.29 is 19.1 Å². The Bertz CT molecular complexity index is 677. The van der Waals surface area contributed by atoms with E-state index in [0.717, 1.165) is 43.5 Å². The zero-order valence-corrected chi connectivity index (χ0v) is 17.9. The van der Waals surface area contributed by atoms with Crippen LogP contribution in [0.3, 0.4) is 0 Å². The van der Waals surface area contributed by atoms with Crippen LogP contribution in [0.2, 0.25) is 0 Å². The van der Waals surface area contributed by atoms with Crippen molar-refractivity contribution in [3.05, 3.63) is 29.3 Å². The Balaban J connectivity index is 2.18. The van der Waals surface area contributed by atoms with E-state index in [1.54, 1.807) is 0 Å². The van der Waals surface area contributed by atoms with Crippen LogP contribution in [0.25, 0.3) is 0 Å². The number of hydrogen-bond donors (Lipinski definition) is 0. The van der Waals surface area contributed by atoms with Crippen LogP contribution in [0, 0.1) is 0 Å². The van der Waals surface area contributed by atoms with Gasteiger partial charge in [-0.3, -0.25) is 0 Å². The molecule has 0 spiro atoms. The summed E-state index contributed by atoms with van der Waals surface area (Å²) in [5.74, 6) is -0.315. The highest BCUT2D eigenvalue weighted by Gasteiger charge is 2.33. The lowest BCUT2D eigenvalue weighted by Crippen LogP contribution is -2.58. The van der Waals surface area contributed by atoms with Crippen molar-refractivity contribution >= 4 is 17.7 Å². The average molecular weight is 391 g/mol. The van der Waals surface area contributed by atoms with E-state index in [9.17, 15) is 9.59 Å². The first-order valence-corrected chi connectivity index (χ1v) is 10.3. The van der Waals surface area contributed by atoms with Gasteiger partial charge in [-0.05, 0) is 50.5 Å². The normalized spacial score (nSPS) is 19.5. The molecule has 0 N–H and O–H groups in total. The van der Waals surface area contributed by atoms with E-state index < -0.39 is 0 Å². The van der Waals surface area contributed by atoms with Crippen LogP contribution in [-0.2, 0) is 15.9 Å². The molecule has 0 bridgehead atoms. The smallest absolute Gasteiger partial charge is 0.410 e. The van der Waals surface area contributed by atoms with E-state index >= 15 is 0 Å². The lowest BCUT2D eigenvalue weighted by Gasteiger charge is -2.45. The highest BCUT2D eigenvalue weighted by atomic mass is 16.6. The van der Waals surface area contributed by atoms with Crippen LogP contribution in [0.4, 0.5) is 10.5 Å². The minimum absolute atomic E-state index is 0.0556. The van der Waals surface area contributed by atoms with E-state index in [-0.39, 0.29) is 24.1 Å². The van der Waals surface area contributed by atoms with Crippen LogP contribution in [-0.4, -0.2) is 55.9 Å². The lowest BCUT2D eigenvalue weighted by molar-refractivity contribution is 0.0600. The minimum atomic E-state index is -0.315. The number of ether oxygens (including phenoxy) is 2. The molecule has 1 aliphatic rings. The Kier molecular flexibility index (Phi) is 8.15. The molecule has 1 amide bonds. The highest BCUT2D eigenvalue weighted by Crippen LogP contribution is 2.29. The molecule has 2 rings (SSSR count). The van der Waals surface area contributed by atoms with Gasteiger partial charge in [0.05, 0.1) is 19.3 Å². The second kappa shape index (κ2) is 10.3. The molecule has 1 heterocycles. The number of methoxy groups -OCH3 is 1. The van der Waals surface area contributed by atoms with Gasteiger partial charge < -0.3 is 19.3 Å². The molecule has 6 heteroatoms. The SMILES string of the molecule is CCCCOC(=O)N1C[C@@H](C)N(c2ccc(C(=O)OC)cc2CCC)C[C@@H]1C. The largest absolute Gasteiger partial charge is 0.465 e. The summed E-state index contributed by atoms with van der Waals surface area (Å²) >= 11 is 0. The lowest BCUT2D eigenvalue weighted by atomic mass is 10.00. The summed E-state index contributed by atoms with van der Waals surface area (Å²) < 4.78 is 10.3. The Hall–Kier alpha value is -2.24. The molecule has 2 atom stereocenters.